The zero-order valence-electron chi connectivity index (χ0n) is 20.2. The Kier molecular flexibility index (Phi) is 5.15. The molecule has 0 bridgehead atoms. The van der Waals surface area contributed by atoms with Gasteiger partial charge in [-0.3, -0.25) is 4.79 Å². The van der Waals surface area contributed by atoms with Gasteiger partial charge in [-0.25, -0.2) is 14.3 Å². The number of benzene rings is 1. The summed E-state index contributed by atoms with van der Waals surface area (Å²) in [4.78, 5) is 30.5. The summed E-state index contributed by atoms with van der Waals surface area (Å²) in [6.07, 6.45) is 4.22. The molecule has 0 unspecified atom stereocenters. The van der Waals surface area contributed by atoms with E-state index in [4.69, 9.17) is 14.5 Å². The van der Waals surface area contributed by atoms with Crippen molar-refractivity contribution in [2.75, 3.05) is 6.61 Å². The molecular weight excluding hydrogens is 458 g/mol. The predicted molar refractivity (Wildman–Crippen MR) is 131 cm³/mol. The molecule has 0 amide bonds. The van der Waals surface area contributed by atoms with Crippen molar-refractivity contribution in [1.29, 1.82) is 0 Å². The van der Waals surface area contributed by atoms with Crippen LogP contribution in [0.5, 0.6) is 5.75 Å². The van der Waals surface area contributed by atoms with Gasteiger partial charge in [-0.15, -0.1) is 0 Å². The van der Waals surface area contributed by atoms with E-state index in [2.05, 4.69) is 23.8 Å². The summed E-state index contributed by atoms with van der Waals surface area (Å²) >= 11 is 0. The molecule has 6 rings (SSSR count). The zero-order chi connectivity index (χ0) is 25.0. The van der Waals surface area contributed by atoms with E-state index in [0.717, 1.165) is 28.8 Å². The quantitative estimate of drug-likeness (QED) is 0.305. The number of ether oxygens (including phenoxy) is 2. The second kappa shape index (κ2) is 8.27. The lowest BCUT2D eigenvalue weighted by Gasteiger charge is -2.31. The van der Waals surface area contributed by atoms with Crippen LogP contribution >= 0.6 is 0 Å². The molecule has 1 atom stereocenters. The number of fused-ring (bicyclic) bond motifs is 5. The minimum atomic E-state index is -1.83. The summed E-state index contributed by atoms with van der Waals surface area (Å²) in [5, 5.41) is 11.9. The molecular formula is C28H26N3O5+. The molecule has 2 aliphatic heterocycles. The molecule has 182 valence electrons. The number of hydrogen-bond acceptors (Lipinski definition) is 6. The van der Waals surface area contributed by atoms with Gasteiger partial charge in [0.25, 0.3) is 5.56 Å². The molecule has 4 aromatic rings. The Morgan fingerprint density at radius 3 is 2.89 bits per heavy atom. The van der Waals surface area contributed by atoms with Gasteiger partial charge in [0.1, 0.15) is 19.0 Å². The summed E-state index contributed by atoms with van der Waals surface area (Å²) in [5.41, 5.74) is 2.72. The van der Waals surface area contributed by atoms with Gasteiger partial charge in [0.15, 0.2) is 24.5 Å². The number of rotatable bonds is 5. The molecule has 0 fully saturated rings. The molecule has 3 aromatic heterocycles. The van der Waals surface area contributed by atoms with Crippen LogP contribution in [-0.4, -0.2) is 27.2 Å². The van der Waals surface area contributed by atoms with Crippen molar-refractivity contribution in [1.82, 2.24) is 9.55 Å². The first-order valence-electron chi connectivity index (χ1n) is 12.1. The maximum atomic E-state index is 13.3. The van der Waals surface area contributed by atoms with Crippen LogP contribution in [-0.2, 0) is 34.8 Å². The third kappa shape index (κ3) is 3.48. The summed E-state index contributed by atoms with van der Waals surface area (Å²) in [7, 11) is 0. The highest BCUT2D eigenvalue weighted by Crippen LogP contribution is 2.38. The van der Waals surface area contributed by atoms with Crippen molar-refractivity contribution < 1.29 is 23.9 Å². The molecule has 0 radical (unpaired) electrons. The van der Waals surface area contributed by atoms with Gasteiger partial charge in [0.2, 0.25) is 0 Å². The maximum Gasteiger partial charge on any atom is 0.343 e. The molecule has 2 aliphatic rings. The van der Waals surface area contributed by atoms with E-state index < -0.39 is 11.6 Å². The topological polar surface area (TPSA) is 94.5 Å². The molecule has 36 heavy (non-hydrogen) atoms. The number of aliphatic hydroxyl groups is 1. The number of nitrogens with zero attached hydrogens (tertiary/aromatic N) is 3. The molecule has 1 N–H and O–H groups in total. The Bertz CT molecular complexity index is 1610. The number of pyridine rings is 3. The lowest BCUT2D eigenvalue weighted by atomic mass is 9.86. The Morgan fingerprint density at radius 1 is 1.22 bits per heavy atom. The fraction of sp³-hybridized carbons (Fsp3) is 0.286. The van der Waals surface area contributed by atoms with Crippen molar-refractivity contribution in [2.24, 2.45) is 0 Å². The lowest BCUT2D eigenvalue weighted by Crippen LogP contribution is -2.44. The van der Waals surface area contributed by atoms with Crippen LogP contribution in [0.25, 0.3) is 22.3 Å². The largest absolute Gasteiger partial charge is 0.487 e. The monoisotopic (exact) mass is 484 g/mol. The number of hydrogen-bond donors (Lipinski definition) is 1. The third-order valence-electron chi connectivity index (χ3n) is 7.10. The van der Waals surface area contributed by atoms with E-state index in [-0.39, 0.29) is 18.6 Å². The van der Waals surface area contributed by atoms with Crippen LogP contribution < -0.4 is 14.9 Å². The molecule has 0 spiro atoms. The van der Waals surface area contributed by atoms with E-state index in [1.807, 2.05) is 36.5 Å². The summed E-state index contributed by atoms with van der Waals surface area (Å²) < 4.78 is 14.9. The second-order valence-electron chi connectivity index (χ2n) is 9.42. The number of aromatic nitrogens is 3. The first kappa shape index (κ1) is 22.4. The van der Waals surface area contributed by atoms with Crippen LogP contribution in [0.15, 0.2) is 59.7 Å². The van der Waals surface area contributed by atoms with Crippen molar-refractivity contribution in [3.8, 4) is 17.1 Å². The number of cyclic esters (lactones) is 1. The van der Waals surface area contributed by atoms with E-state index in [1.165, 1.54) is 5.56 Å². The van der Waals surface area contributed by atoms with Crippen molar-refractivity contribution in [3.05, 3.63) is 87.5 Å². The van der Waals surface area contributed by atoms with E-state index in [0.29, 0.717) is 35.7 Å². The normalized spacial score (nSPS) is 17.9. The third-order valence-corrected chi connectivity index (χ3v) is 7.10. The molecule has 0 aliphatic carbocycles. The number of aryl methyl sites for hydroxylation is 1. The zero-order valence-corrected chi connectivity index (χ0v) is 20.2. The Labute approximate surface area is 207 Å². The Balaban J connectivity index is 1.32. The second-order valence-corrected chi connectivity index (χ2v) is 9.42. The van der Waals surface area contributed by atoms with Crippen LogP contribution in [0.4, 0.5) is 0 Å². The van der Waals surface area contributed by atoms with Crippen LogP contribution in [0.2, 0.25) is 0 Å². The summed E-state index contributed by atoms with van der Waals surface area (Å²) in [6, 6.07) is 13.6. The van der Waals surface area contributed by atoms with Crippen LogP contribution in [0.1, 0.15) is 35.6 Å². The van der Waals surface area contributed by atoms with Gasteiger partial charge >= 0.3 is 5.97 Å². The highest BCUT2D eigenvalue weighted by atomic mass is 16.6. The minimum absolute atomic E-state index is 0.116. The molecule has 0 saturated carbocycles. The SMILES string of the molecule is CC[C@@]1(O)C(=O)OCc2c1cc1n(c2=O)Cc2cc3cc(OCC[n+]4cccc(C)c4)ccc3nc2-1. The standard InChI is InChI=1S/C28H26N3O5/c1-3-28(34)22-13-24-25-19(15-31(24)26(32)21(22)16-36-27(28)33)11-18-12-20(6-7-23(18)29-25)35-10-9-30-8-4-5-17(2)14-30/h4-8,11-14,34H,3,9-10,15-16H2,1-2H3/q+1/t28-/m0/s1. The lowest BCUT2D eigenvalue weighted by molar-refractivity contribution is -0.697. The molecule has 1 aromatic carbocycles. The van der Waals surface area contributed by atoms with Gasteiger partial charge in [-0.05, 0) is 49.7 Å². The number of carbonyl (C=O) groups is 1. The summed E-state index contributed by atoms with van der Waals surface area (Å²) in [5.74, 6) is 0.0317. The van der Waals surface area contributed by atoms with E-state index in [1.54, 1.807) is 17.6 Å². The average molecular weight is 485 g/mol. The van der Waals surface area contributed by atoms with E-state index >= 15 is 0 Å². The van der Waals surface area contributed by atoms with Gasteiger partial charge in [-0.1, -0.05) is 6.92 Å². The molecule has 0 saturated heterocycles. The highest BCUT2D eigenvalue weighted by Gasteiger charge is 2.45. The maximum absolute atomic E-state index is 13.3. The minimum Gasteiger partial charge on any atom is -0.487 e. The Morgan fingerprint density at radius 2 is 2.08 bits per heavy atom. The predicted octanol–water partition coefficient (Wildman–Crippen LogP) is 2.75. The fourth-order valence-electron chi connectivity index (χ4n) is 5.11. The molecule has 8 nitrogen and oxygen atoms in total. The number of carbonyl (C=O) groups excluding carboxylic acids is 1. The van der Waals surface area contributed by atoms with Gasteiger partial charge in [0.05, 0.1) is 29.0 Å². The smallest absolute Gasteiger partial charge is 0.343 e. The van der Waals surface area contributed by atoms with Crippen molar-refractivity contribution in [3.63, 3.8) is 0 Å². The summed E-state index contributed by atoms with van der Waals surface area (Å²) in [6.45, 7) is 5.26. The molecule has 8 heteroatoms. The van der Waals surface area contributed by atoms with Gasteiger partial charge in [0, 0.05) is 28.1 Å². The van der Waals surface area contributed by atoms with Crippen LogP contribution in [0, 0.1) is 6.92 Å². The first-order chi connectivity index (χ1) is 17.4. The fourth-order valence-corrected chi connectivity index (χ4v) is 5.11. The Hall–Kier alpha value is -4.04. The highest BCUT2D eigenvalue weighted by molar-refractivity contribution is 5.87. The number of esters is 1. The first-order valence-corrected chi connectivity index (χ1v) is 12.1. The van der Waals surface area contributed by atoms with Gasteiger partial charge < -0.3 is 19.1 Å². The van der Waals surface area contributed by atoms with Gasteiger partial charge in [-0.2, -0.15) is 0 Å². The average Bonchev–Trinajstić information content (AvgIpc) is 3.23. The van der Waals surface area contributed by atoms with E-state index in [9.17, 15) is 14.7 Å². The van der Waals surface area contributed by atoms with Crippen molar-refractivity contribution >= 4 is 16.9 Å². The van der Waals surface area contributed by atoms with Crippen LogP contribution in [0.3, 0.4) is 0 Å². The van der Waals surface area contributed by atoms with Crippen molar-refractivity contribution in [2.45, 2.75) is 45.6 Å². The molecule has 5 heterocycles.